The predicted octanol–water partition coefficient (Wildman–Crippen LogP) is 1.31. The van der Waals surface area contributed by atoms with Gasteiger partial charge in [-0.2, -0.15) is 0 Å². The number of nitrogens with one attached hydrogen (secondary N) is 1. The molecule has 0 amide bonds. The van der Waals surface area contributed by atoms with Gasteiger partial charge in [0.1, 0.15) is 0 Å². The highest BCUT2D eigenvalue weighted by atomic mass is 16.5. The molecule has 0 bridgehead atoms. The summed E-state index contributed by atoms with van der Waals surface area (Å²) in [6.07, 6.45) is 3.41. The summed E-state index contributed by atoms with van der Waals surface area (Å²) in [6, 6.07) is 1.79. The molecule has 0 spiro atoms. The van der Waals surface area contributed by atoms with E-state index in [2.05, 4.69) is 15.3 Å². The quantitative estimate of drug-likeness (QED) is 0.760. The van der Waals surface area contributed by atoms with Crippen LogP contribution in [0.15, 0.2) is 18.5 Å². The average Bonchev–Trinajstić information content (AvgIpc) is 2.04. The fourth-order valence-corrected chi connectivity index (χ4v) is 1.06. The van der Waals surface area contributed by atoms with Crippen molar-refractivity contribution in [2.75, 3.05) is 19.0 Å². The van der Waals surface area contributed by atoms with E-state index in [4.69, 9.17) is 4.74 Å². The Labute approximate surface area is 78.4 Å². The summed E-state index contributed by atoms with van der Waals surface area (Å²) in [5.41, 5.74) is -0.143. The molecule has 1 rings (SSSR count). The van der Waals surface area contributed by atoms with Gasteiger partial charge in [-0.25, -0.2) is 9.97 Å². The highest BCUT2D eigenvalue weighted by Gasteiger charge is 2.17. The summed E-state index contributed by atoms with van der Waals surface area (Å²) in [6.45, 7) is 4.69. The molecule has 0 aliphatic heterocycles. The van der Waals surface area contributed by atoms with Crippen LogP contribution < -0.4 is 5.32 Å². The second kappa shape index (κ2) is 4.18. The first-order valence-corrected chi connectivity index (χ1v) is 4.18. The number of rotatable bonds is 4. The minimum absolute atomic E-state index is 0.143. The van der Waals surface area contributed by atoms with Crippen molar-refractivity contribution < 1.29 is 4.74 Å². The minimum atomic E-state index is -0.143. The first kappa shape index (κ1) is 9.92. The second-order valence-corrected chi connectivity index (χ2v) is 3.51. The maximum atomic E-state index is 5.06. The summed E-state index contributed by atoms with van der Waals surface area (Å²) in [7, 11) is 1.68. The van der Waals surface area contributed by atoms with Gasteiger partial charge in [0.2, 0.25) is 5.95 Å². The van der Waals surface area contributed by atoms with E-state index in [9.17, 15) is 0 Å². The van der Waals surface area contributed by atoms with Crippen molar-refractivity contribution >= 4 is 5.95 Å². The molecule has 0 radical (unpaired) electrons. The average molecular weight is 181 g/mol. The van der Waals surface area contributed by atoms with Crippen LogP contribution in [0.25, 0.3) is 0 Å². The first-order chi connectivity index (χ1) is 6.14. The van der Waals surface area contributed by atoms with E-state index in [1.54, 1.807) is 25.6 Å². The fourth-order valence-electron chi connectivity index (χ4n) is 1.06. The lowest BCUT2D eigenvalue weighted by Crippen LogP contribution is -2.36. The molecule has 0 unspecified atom stereocenters. The third kappa shape index (κ3) is 3.38. The van der Waals surface area contributed by atoms with Gasteiger partial charge in [0.15, 0.2) is 0 Å². The largest absolute Gasteiger partial charge is 0.382 e. The Kier molecular flexibility index (Phi) is 3.19. The van der Waals surface area contributed by atoms with E-state index in [0.29, 0.717) is 12.6 Å². The zero-order valence-corrected chi connectivity index (χ0v) is 8.24. The van der Waals surface area contributed by atoms with Gasteiger partial charge < -0.3 is 10.1 Å². The Morgan fingerprint density at radius 3 is 2.54 bits per heavy atom. The van der Waals surface area contributed by atoms with Crippen LogP contribution in [-0.4, -0.2) is 29.2 Å². The maximum Gasteiger partial charge on any atom is 0.223 e. The molecule has 0 aliphatic rings. The molecule has 0 atom stereocenters. The molecule has 4 nitrogen and oxygen atoms in total. The standard InChI is InChI=1S/C9H15N3O/c1-9(2,7-13-3)12-8-10-5-4-6-11-8/h4-6H,7H2,1-3H3,(H,10,11,12). The van der Waals surface area contributed by atoms with Crippen LogP contribution in [-0.2, 0) is 4.74 Å². The highest BCUT2D eigenvalue weighted by Crippen LogP contribution is 2.09. The molecule has 0 fully saturated rings. The Morgan fingerprint density at radius 2 is 2.00 bits per heavy atom. The predicted molar refractivity (Wildman–Crippen MR) is 51.6 cm³/mol. The molecular weight excluding hydrogens is 166 g/mol. The molecule has 0 saturated carbocycles. The summed E-state index contributed by atoms with van der Waals surface area (Å²) in [4.78, 5) is 8.14. The molecule has 72 valence electrons. The highest BCUT2D eigenvalue weighted by molar-refractivity contribution is 5.26. The number of ether oxygens (including phenoxy) is 1. The lowest BCUT2D eigenvalue weighted by molar-refractivity contribution is 0.158. The Balaban J connectivity index is 2.58. The minimum Gasteiger partial charge on any atom is -0.382 e. The zero-order valence-electron chi connectivity index (χ0n) is 8.24. The maximum absolute atomic E-state index is 5.06. The van der Waals surface area contributed by atoms with Crippen molar-refractivity contribution in [1.29, 1.82) is 0 Å². The second-order valence-electron chi connectivity index (χ2n) is 3.51. The number of nitrogens with zero attached hydrogens (tertiary/aromatic N) is 2. The first-order valence-electron chi connectivity index (χ1n) is 4.18. The normalized spacial score (nSPS) is 11.3. The molecule has 1 heterocycles. The Bertz CT molecular complexity index is 248. The number of aromatic nitrogens is 2. The lowest BCUT2D eigenvalue weighted by Gasteiger charge is -2.24. The Morgan fingerprint density at radius 1 is 1.38 bits per heavy atom. The van der Waals surface area contributed by atoms with E-state index in [1.807, 2.05) is 13.8 Å². The van der Waals surface area contributed by atoms with Gasteiger partial charge in [-0.1, -0.05) is 0 Å². The van der Waals surface area contributed by atoms with E-state index >= 15 is 0 Å². The number of methoxy groups -OCH3 is 1. The summed E-state index contributed by atoms with van der Waals surface area (Å²) < 4.78 is 5.06. The van der Waals surface area contributed by atoms with E-state index < -0.39 is 0 Å². The molecule has 0 saturated heterocycles. The van der Waals surface area contributed by atoms with Gasteiger partial charge in [0.05, 0.1) is 12.1 Å². The van der Waals surface area contributed by atoms with Crippen LogP contribution in [0.5, 0.6) is 0 Å². The molecule has 0 aliphatic carbocycles. The topological polar surface area (TPSA) is 47.0 Å². The molecule has 1 N–H and O–H groups in total. The molecular formula is C9H15N3O. The molecule has 1 aromatic heterocycles. The van der Waals surface area contributed by atoms with Crippen molar-refractivity contribution in [1.82, 2.24) is 9.97 Å². The summed E-state index contributed by atoms with van der Waals surface area (Å²) >= 11 is 0. The smallest absolute Gasteiger partial charge is 0.223 e. The lowest BCUT2D eigenvalue weighted by atomic mass is 10.1. The van der Waals surface area contributed by atoms with E-state index in [1.165, 1.54) is 0 Å². The molecule has 1 aromatic rings. The number of anilines is 1. The van der Waals surface area contributed by atoms with Crippen LogP contribution in [0.4, 0.5) is 5.95 Å². The zero-order chi connectivity index (χ0) is 9.73. The van der Waals surface area contributed by atoms with Crippen LogP contribution in [0.3, 0.4) is 0 Å². The third-order valence-electron chi connectivity index (χ3n) is 1.52. The fraction of sp³-hybridized carbons (Fsp3) is 0.556. The third-order valence-corrected chi connectivity index (χ3v) is 1.52. The van der Waals surface area contributed by atoms with Gasteiger partial charge in [-0.15, -0.1) is 0 Å². The van der Waals surface area contributed by atoms with Crippen molar-refractivity contribution in [3.8, 4) is 0 Å². The van der Waals surface area contributed by atoms with E-state index in [-0.39, 0.29) is 5.54 Å². The van der Waals surface area contributed by atoms with Crippen LogP contribution in [0.2, 0.25) is 0 Å². The van der Waals surface area contributed by atoms with Crippen molar-refractivity contribution in [2.45, 2.75) is 19.4 Å². The Hall–Kier alpha value is -1.16. The van der Waals surface area contributed by atoms with Crippen LogP contribution >= 0.6 is 0 Å². The van der Waals surface area contributed by atoms with Gasteiger partial charge in [-0.3, -0.25) is 0 Å². The van der Waals surface area contributed by atoms with Gasteiger partial charge >= 0.3 is 0 Å². The van der Waals surface area contributed by atoms with Crippen molar-refractivity contribution in [3.63, 3.8) is 0 Å². The van der Waals surface area contributed by atoms with Gasteiger partial charge in [0.25, 0.3) is 0 Å². The van der Waals surface area contributed by atoms with Gasteiger partial charge in [-0.05, 0) is 19.9 Å². The van der Waals surface area contributed by atoms with E-state index in [0.717, 1.165) is 0 Å². The molecule has 0 aromatic carbocycles. The van der Waals surface area contributed by atoms with Crippen LogP contribution in [0, 0.1) is 0 Å². The van der Waals surface area contributed by atoms with Gasteiger partial charge in [0, 0.05) is 19.5 Å². The summed E-state index contributed by atoms with van der Waals surface area (Å²) in [5.74, 6) is 0.629. The SMILES string of the molecule is COCC(C)(C)Nc1ncccn1. The van der Waals surface area contributed by atoms with Crippen molar-refractivity contribution in [3.05, 3.63) is 18.5 Å². The number of hydrogen-bond donors (Lipinski definition) is 1. The molecule has 13 heavy (non-hydrogen) atoms. The van der Waals surface area contributed by atoms with Crippen molar-refractivity contribution in [2.24, 2.45) is 0 Å². The molecule has 4 heteroatoms. The monoisotopic (exact) mass is 181 g/mol. The van der Waals surface area contributed by atoms with Crippen LogP contribution in [0.1, 0.15) is 13.8 Å². The number of hydrogen-bond acceptors (Lipinski definition) is 4. The summed E-state index contributed by atoms with van der Waals surface area (Å²) in [5, 5.41) is 3.17.